The van der Waals surface area contributed by atoms with Gasteiger partial charge in [-0.05, 0) is 44.0 Å². The fourth-order valence-corrected chi connectivity index (χ4v) is 5.96. The van der Waals surface area contributed by atoms with Crippen LogP contribution >= 0.6 is 7.37 Å². The van der Waals surface area contributed by atoms with Crippen molar-refractivity contribution in [3.8, 4) is 0 Å². The van der Waals surface area contributed by atoms with Gasteiger partial charge in [0.25, 0.3) is 0 Å². The van der Waals surface area contributed by atoms with Gasteiger partial charge in [0.15, 0.2) is 0 Å². The van der Waals surface area contributed by atoms with Crippen LogP contribution in [-0.4, -0.2) is 31.0 Å². The van der Waals surface area contributed by atoms with Crippen molar-refractivity contribution < 1.29 is 14.2 Å². The van der Waals surface area contributed by atoms with Gasteiger partial charge in [0.05, 0.1) is 19.3 Å². The van der Waals surface area contributed by atoms with Gasteiger partial charge < -0.3 is 14.9 Å². The highest BCUT2D eigenvalue weighted by molar-refractivity contribution is 7.62. The van der Waals surface area contributed by atoms with Crippen LogP contribution in [0.1, 0.15) is 56.2 Å². The van der Waals surface area contributed by atoms with E-state index in [1.54, 1.807) is 5.82 Å². The summed E-state index contributed by atoms with van der Waals surface area (Å²) in [6.07, 6.45) is 8.70. The summed E-state index contributed by atoms with van der Waals surface area (Å²) in [6, 6.07) is 8.01. The molecule has 0 aromatic heterocycles. The van der Waals surface area contributed by atoms with E-state index in [1.165, 1.54) is 37.7 Å². The van der Waals surface area contributed by atoms with Crippen LogP contribution in [0, 0.1) is 12.8 Å². The van der Waals surface area contributed by atoms with Gasteiger partial charge in [-0.2, -0.15) is 0 Å². The summed E-state index contributed by atoms with van der Waals surface area (Å²) in [4.78, 5) is 0. The lowest BCUT2D eigenvalue weighted by Gasteiger charge is -2.25. The first-order valence-corrected chi connectivity index (χ1v) is 11.8. The van der Waals surface area contributed by atoms with Gasteiger partial charge in [0.2, 0.25) is 7.37 Å². The predicted molar refractivity (Wildman–Crippen MR) is 109 cm³/mol. The fraction of sp³-hybridized carbons (Fsp3) is 0.619. The molecule has 0 spiro atoms. The van der Waals surface area contributed by atoms with Crippen molar-refractivity contribution in [2.75, 3.05) is 25.9 Å². The fourth-order valence-electron chi connectivity index (χ4n) is 3.70. The molecule has 0 radical (unpaired) electrons. The maximum atomic E-state index is 13.1. The number of aliphatic hydroxyl groups is 1. The van der Waals surface area contributed by atoms with Crippen molar-refractivity contribution in [3.05, 3.63) is 47.3 Å². The maximum Gasteiger partial charge on any atom is 0.225 e. The molecule has 2 N–H and O–H groups in total. The highest BCUT2D eigenvalue weighted by atomic mass is 31.2. The van der Waals surface area contributed by atoms with E-state index in [-0.39, 0.29) is 12.6 Å². The number of hydrogen-bond donors (Lipinski definition) is 2. The maximum absolute atomic E-state index is 13.1. The molecule has 26 heavy (non-hydrogen) atoms. The first-order chi connectivity index (χ1) is 12.6. The molecule has 0 amide bonds. The average molecular weight is 379 g/mol. The number of benzene rings is 1. The summed E-state index contributed by atoms with van der Waals surface area (Å²) >= 11 is 0. The molecule has 146 valence electrons. The Hall–Kier alpha value is -0.930. The minimum absolute atomic E-state index is 0.0302. The second-order valence-corrected chi connectivity index (χ2v) is 9.65. The monoisotopic (exact) mass is 379 g/mol. The lowest BCUT2D eigenvalue weighted by Crippen LogP contribution is -2.24. The van der Waals surface area contributed by atoms with E-state index in [0.717, 1.165) is 5.56 Å². The van der Waals surface area contributed by atoms with E-state index in [4.69, 9.17) is 4.52 Å². The molecule has 1 aromatic carbocycles. The molecular formula is C21H34NO3P. The molecular weight excluding hydrogens is 345 g/mol. The van der Waals surface area contributed by atoms with Crippen LogP contribution in [0.5, 0.6) is 0 Å². The second kappa shape index (κ2) is 11.0. The van der Waals surface area contributed by atoms with E-state index in [2.05, 4.69) is 11.4 Å². The van der Waals surface area contributed by atoms with Crippen LogP contribution in [-0.2, 0) is 9.09 Å². The van der Waals surface area contributed by atoms with Gasteiger partial charge >= 0.3 is 0 Å². The molecule has 4 nitrogen and oxygen atoms in total. The molecule has 0 bridgehead atoms. The summed E-state index contributed by atoms with van der Waals surface area (Å²) in [6.45, 7) is 5.01. The SMILES string of the molecule is CCOP(=O)(/C=C/CNC(CO)c1cccc(C)c1)CC1CCCCC1. The molecule has 2 atom stereocenters. The normalized spacial score (nSPS) is 19.5. The van der Waals surface area contributed by atoms with Crippen molar-refractivity contribution in [2.24, 2.45) is 5.92 Å². The van der Waals surface area contributed by atoms with Crippen LogP contribution in [0.25, 0.3) is 0 Å². The van der Waals surface area contributed by atoms with Crippen molar-refractivity contribution >= 4 is 7.37 Å². The topological polar surface area (TPSA) is 58.6 Å². The third-order valence-electron chi connectivity index (χ3n) is 5.03. The molecule has 1 aliphatic rings. The van der Waals surface area contributed by atoms with Crippen LogP contribution in [0.3, 0.4) is 0 Å². The predicted octanol–water partition coefficient (Wildman–Crippen LogP) is 5.03. The summed E-state index contributed by atoms with van der Waals surface area (Å²) in [7, 11) is -2.72. The molecule has 1 saturated carbocycles. The molecule has 1 aliphatic carbocycles. The van der Waals surface area contributed by atoms with Gasteiger partial charge in [-0.1, -0.05) is 55.2 Å². The first-order valence-electron chi connectivity index (χ1n) is 9.88. The molecule has 2 unspecified atom stereocenters. The van der Waals surface area contributed by atoms with Crippen LogP contribution in [0.2, 0.25) is 0 Å². The van der Waals surface area contributed by atoms with Crippen molar-refractivity contribution in [1.82, 2.24) is 5.32 Å². The van der Waals surface area contributed by atoms with E-state index >= 15 is 0 Å². The third kappa shape index (κ3) is 7.00. The lowest BCUT2D eigenvalue weighted by atomic mass is 9.91. The standard InChI is InChI=1S/C21H34NO3P/c1-3-25-26(24,17-19-10-5-4-6-11-19)14-8-13-22-21(16-23)20-12-7-9-18(2)15-20/h7-9,12,14-15,19,21-23H,3-6,10-11,13,16-17H2,1-2H3/b14-8+. The molecule has 0 saturated heterocycles. The third-order valence-corrected chi connectivity index (χ3v) is 7.41. The number of nitrogens with one attached hydrogen (secondary N) is 1. The Morgan fingerprint density at radius 2 is 2.12 bits per heavy atom. The zero-order valence-electron chi connectivity index (χ0n) is 16.2. The summed E-state index contributed by atoms with van der Waals surface area (Å²) in [5.74, 6) is 2.30. The largest absolute Gasteiger partial charge is 0.394 e. The Labute approximate surface area is 158 Å². The smallest absolute Gasteiger partial charge is 0.225 e. The van der Waals surface area contributed by atoms with Crippen LogP contribution < -0.4 is 5.32 Å². The quantitative estimate of drug-likeness (QED) is 0.560. The Balaban J connectivity index is 1.91. The van der Waals surface area contributed by atoms with Gasteiger partial charge in [-0.25, -0.2) is 0 Å². The zero-order chi connectivity index (χ0) is 18.8. The van der Waals surface area contributed by atoms with E-state index < -0.39 is 7.37 Å². The Kier molecular flexibility index (Phi) is 9.07. The minimum atomic E-state index is -2.72. The van der Waals surface area contributed by atoms with Crippen molar-refractivity contribution in [1.29, 1.82) is 0 Å². The van der Waals surface area contributed by atoms with E-state index in [1.807, 2.05) is 38.1 Å². The highest BCUT2D eigenvalue weighted by Gasteiger charge is 2.25. The van der Waals surface area contributed by atoms with Gasteiger partial charge in [-0.15, -0.1) is 0 Å². The molecule has 0 aliphatic heterocycles. The number of aryl methyl sites for hydroxylation is 1. The molecule has 1 aromatic rings. The summed E-state index contributed by atoms with van der Waals surface area (Å²) < 4.78 is 18.8. The Morgan fingerprint density at radius 1 is 1.35 bits per heavy atom. The van der Waals surface area contributed by atoms with Gasteiger partial charge in [0.1, 0.15) is 0 Å². The van der Waals surface area contributed by atoms with E-state index in [0.29, 0.717) is 25.2 Å². The Morgan fingerprint density at radius 3 is 2.77 bits per heavy atom. The lowest BCUT2D eigenvalue weighted by molar-refractivity contribution is 0.248. The second-order valence-electron chi connectivity index (χ2n) is 7.27. The molecule has 5 heteroatoms. The minimum Gasteiger partial charge on any atom is -0.394 e. The zero-order valence-corrected chi connectivity index (χ0v) is 17.1. The molecule has 1 fully saturated rings. The first kappa shape index (κ1) is 21.4. The van der Waals surface area contributed by atoms with Gasteiger partial charge in [-0.3, -0.25) is 4.57 Å². The molecule has 2 rings (SSSR count). The molecule has 0 heterocycles. The van der Waals surface area contributed by atoms with Crippen LogP contribution in [0.15, 0.2) is 36.2 Å². The van der Waals surface area contributed by atoms with Crippen molar-refractivity contribution in [2.45, 2.75) is 52.0 Å². The van der Waals surface area contributed by atoms with Gasteiger partial charge in [0, 0.05) is 12.7 Å². The number of rotatable bonds is 10. The van der Waals surface area contributed by atoms with Crippen LogP contribution in [0.4, 0.5) is 0 Å². The number of hydrogen-bond acceptors (Lipinski definition) is 4. The Bertz CT molecular complexity index is 611. The highest BCUT2D eigenvalue weighted by Crippen LogP contribution is 2.51. The number of aliphatic hydroxyl groups excluding tert-OH is 1. The van der Waals surface area contributed by atoms with E-state index in [9.17, 15) is 9.67 Å². The summed E-state index contributed by atoms with van der Waals surface area (Å²) in [5.41, 5.74) is 2.24. The van der Waals surface area contributed by atoms with Crippen molar-refractivity contribution in [3.63, 3.8) is 0 Å². The summed E-state index contributed by atoms with van der Waals surface area (Å²) in [5, 5.41) is 13.0. The average Bonchev–Trinajstić information content (AvgIpc) is 2.63.